The molecule has 1 aliphatic rings. The van der Waals surface area contributed by atoms with Crippen LogP contribution >= 0.6 is 0 Å². The van der Waals surface area contributed by atoms with Crippen LogP contribution in [0, 0.1) is 0 Å². The quantitative estimate of drug-likeness (QED) is 0.584. The Morgan fingerprint density at radius 3 is 1.44 bits per heavy atom. The van der Waals surface area contributed by atoms with E-state index in [2.05, 4.69) is 0 Å². The highest BCUT2D eigenvalue weighted by Crippen LogP contribution is 2.69. The predicted octanol–water partition coefficient (Wildman–Crippen LogP) is 3.69. The van der Waals surface area contributed by atoms with Gasteiger partial charge in [-0.1, -0.05) is 0 Å². The molecule has 0 saturated heterocycles. The molecule has 0 heterocycles. The maximum absolute atomic E-state index is 12.7. The third-order valence-electron chi connectivity index (χ3n) is 2.07. The van der Waals surface area contributed by atoms with Crippen molar-refractivity contribution in [3.8, 4) is 0 Å². The Bertz CT molecular complexity index is 345. The maximum Gasteiger partial charge on any atom is 0.433 e. The van der Waals surface area contributed by atoms with Gasteiger partial charge in [0, 0.05) is 0 Å². The van der Waals surface area contributed by atoms with Gasteiger partial charge in [0.15, 0.2) is 0 Å². The number of rotatable bonds is 0. The zero-order chi connectivity index (χ0) is 13.2. The van der Waals surface area contributed by atoms with Crippen molar-refractivity contribution in [2.24, 2.45) is 0 Å². The third kappa shape index (κ3) is 1.07. The van der Waals surface area contributed by atoms with Crippen molar-refractivity contribution >= 4 is 0 Å². The minimum Gasteiger partial charge on any atom is -0.221 e. The van der Waals surface area contributed by atoms with Crippen molar-refractivity contribution in [1.82, 2.24) is 0 Å². The molecule has 0 nitrogen and oxygen atoms in total. The van der Waals surface area contributed by atoms with Crippen LogP contribution in [0.5, 0.6) is 0 Å². The molecule has 0 aromatic rings. The number of alkyl halides is 8. The summed E-state index contributed by atoms with van der Waals surface area (Å²) in [7, 11) is 0. The van der Waals surface area contributed by atoms with E-state index in [1.54, 1.807) is 0 Å². The Morgan fingerprint density at radius 2 is 1.25 bits per heavy atom. The Kier molecular flexibility index (Phi) is 2.32. The van der Waals surface area contributed by atoms with Crippen LogP contribution in [0.1, 0.15) is 0 Å². The van der Waals surface area contributed by atoms with Crippen molar-refractivity contribution in [3.63, 3.8) is 0 Å². The van der Waals surface area contributed by atoms with Gasteiger partial charge in [-0.3, -0.25) is 0 Å². The lowest BCUT2D eigenvalue weighted by Gasteiger charge is -2.49. The average Bonchev–Trinajstić information content (AvgIpc) is 1.99. The van der Waals surface area contributed by atoms with Crippen molar-refractivity contribution in [3.05, 3.63) is 11.7 Å². The maximum atomic E-state index is 12.7. The van der Waals surface area contributed by atoms with Gasteiger partial charge < -0.3 is 0 Å². The van der Waals surface area contributed by atoms with Crippen LogP contribution in [0.3, 0.4) is 0 Å². The first-order valence-corrected chi connectivity index (χ1v) is 3.39. The van der Waals surface area contributed by atoms with Gasteiger partial charge in [0.2, 0.25) is 0 Å². The lowest BCUT2D eigenvalue weighted by molar-refractivity contribution is -0.387. The zero-order valence-corrected chi connectivity index (χ0v) is 6.78. The largest absolute Gasteiger partial charge is 0.433 e. The van der Waals surface area contributed by atoms with Crippen LogP contribution in [0.2, 0.25) is 0 Å². The van der Waals surface area contributed by atoms with Gasteiger partial charge in [-0.15, -0.1) is 0 Å². The Labute approximate surface area is 80.5 Å². The molecule has 94 valence electrons. The molecular weight excluding hydrogens is 262 g/mol. The second-order valence-corrected chi connectivity index (χ2v) is 2.94. The monoisotopic (exact) mass is 262 g/mol. The topological polar surface area (TPSA) is 0 Å². The van der Waals surface area contributed by atoms with Crippen LogP contribution in [0.15, 0.2) is 11.7 Å². The molecule has 10 heteroatoms. The summed E-state index contributed by atoms with van der Waals surface area (Å²) >= 11 is 0. The fraction of sp³-hybridized carbons (Fsp3) is 0.667. The number of halogens is 10. The Balaban J connectivity index is 3.48. The molecule has 1 fully saturated rings. The first kappa shape index (κ1) is 13.1. The van der Waals surface area contributed by atoms with Gasteiger partial charge in [-0.05, 0) is 0 Å². The number of hydrogen-bond donors (Lipinski definition) is 0. The highest BCUT2D eigenvalue weighted by molar-refractivity contribution is 5.46. The van der Waals surface area contributed by atoms with Gasteiger partial charge in [0.25, 0.3) is 6.08 Å². The molecule has 1 unspecified atom stereocenters. The predicted molar refractivity (Wildman–Crippen MR) is 29.0 cm³/mol. The summed E-state index contributed by atoms with van der Waals surface area (Å²) in [5.41, 5.74) is -9.56. The fourth-order valence-corrected chi connectivity index (χ4v) is 1.25. The smallest absolute Gasteiger partial charge is 0.221 e. The lowest BCUT2D eigenvalue weighted by atomic mass is 9.68. The second-order valence-electron chi connectivity index (χ2n) is 2.94. The van der Waals surface area contributed by atoms with Crippen LogP contribution in [-0.4, -0.2) is 23.7 Å². The standard InChI is InChI=1S/C6F10/c7-2(8)1-3(9,6(14,15)16)5(12,13)4(1,10)11. The second kappa shape index (κ2) is 2.83. The summed E-state index contributed by atoms with van der Waals surface area (Å²) in [4.78, 5) is 0. The van der Waals surface area contributed by atoms with E-state index in [9.17, 15) is 43.9 Å². The molecule has 0 N–H and O–H groups in total. The van der Waals surface area contributed by atoms with Crippen molar-refractivity contribution in [2.45, 2.75) is 23.7 Å². The normalized spacial score (nSPS) is 32.2. The Hall–Kier alpha value is -0.960. The number of allylic oxidation sites excluding steroid dienone is 1. The summed E-state index contributed by atoms with van der Waals surface area (Å²) in [6.07, 6.45) is -10.4. The van der Waals surface area contributed by atoms with E-state index < -0.39 is 35.3 Å². The van der Waals surface area contributed by atoms with Gasteiger partial charge in [-0.2, -0.15) is 39.5 Å². The minimum atomic E-state index is -6.56. The summed E-state index contributed by atoms with van der Waals surface area (Å²) in [6, 6.07) is 0. The van der Waals surface area contributed by atoms with Crippen molar-refractivity contribution in [2.75, 3.05) is 0 Å². The summed E-state index contributed by atoms with van der Waals surface area (Å²) in [6.45, 7) is 0. The highest BCUT2D eigenvalue weighted by atomic mass is 19.4. The molecule has 0 spiro atoms. The highest BCUT2D eigenvalue weighted by Gasteiger charge is 2.95. The SMILES string of the molecule is FC(F)=C1C(F)(F)C(F)(F)C1(F)C(F)(F)F. The van der Waals surface area contributed by atoms with Gasteiger partial charge >= 0.3 is 23.7 Å². The van der Waals surface area contributed by atoms with E-state index in [1.807, 2.05) is 0 Å². The summed E-state index contributed by atoms with van der Waals surface area (Å²) in [5.74, 6) is -12.1. The molecule has 1 saturated carbocycles. The molecule has 0 aromatic heterocycles. The van der Waals surface area contributed by atoms with E-state index in [0.717, 1.165) is 0 Å². The lowest BCUT2D eigenvalue weighted by Crippen LogP contribution is -2.77. The average molecular weight is 262 g/mol. The van der Waals surface area contributed by atoms with E-state index >= 15 is 0 Å². The van der Waals surface area contributed by atoms with Crippen LogP contribution in [0.25, 0.3) is 0 Å². The molecule has 0 bridgehead atoms. The molecule has 1 rings (SSSR count). The van der Waals surface area contributed by atoms with Crippen LogP contribution in [-0.2, 0) is 0 Å². The minimum absolute atomic E-state index is 3.53. The van der Waals surface area contributed by atoms with Gasteiger partial charge in [-0.25, -0.2) is 4.39 Å². The molecule has 0 amide bonds. The molecule has 0 aromatic carbocycles. The van der Waals surface area contributed by atoms with Crippen LogP contribution < -0.4 is 0 Å². The molecule has 0 aliphatic heterocycles. The summed E-state index contributed by atoms with van der Waals surface area (Å²) < 4.78 is 120. The summed E-state index contributed by atoms with van der Waals surface area (Å²) in [5, 5.41) is 0. The number of hydrogen-bond acceptors (Lipinski definition) is 0. The Morgan fingerprint density at radius 1 is 0.875 bits per heavy atom. The van der Waals surface area contributed by atoms with Crippen molar-refractivity contribution < 1.29 is 43.9 Å². The third-order valence-corrected chi connectivity index (χ3v) is 2.07. The van der Waals surface area contributed by atoms with Gasteiger partial charge in [0.1, 0.15) is 5.57 Å². The molecule has 16 heavy (non-hydrogen) atoms. The molecule has 0 radical (unpaired) electrons. The van der Waals surface area contributed by atoms with E-state index in [1.165, 1.54) is 0 Å². The molecular formula is C6F10. The van der Waals surface area contributed by atoms with E-state index in [4.69, 9.17) is 0 Å². The fourth-order valence-electron chi connectivity index (χ4n) is 1.25. The van der Waals surface area contributed by atoms with E-state index in [-0.39, 0.29) is 0 Å². The molecule has 1 aliphatic carbocycles. The zero-order valence-electron chi connectivity index (χ0n) is 6.78. The van der Waals surface area contributed by atoms with Gasteiger partial charge in [0.05, 0.1) is 0 Å². The first-order chi connectivity index (χ1) is 6.82. The van der Waals surface area contributed by atoms with Crippen LogP contribution in [0.4, 0.5) is 43.9 Å². The van der Waals surface area contributed by atoms with E-state index in [0.29, 0.717) is 0 Å². The van der Waals surface area contributed by atoms with Crippen molar-refractivity contribution in [1.29, 1.82) is 0 Å². The molecule has 1 atom stereocenters. The first-order valence-electron chi connectivity index (χ1n) is 3.39.